The summed E-state index contributed by atoms with van der Waals surface area (Å²) >= 11 is 0. The van der Waals surface area contributed by atoms with E-state index in [0.29, 0.717) is 45.5 Å². The standard InChI is InChI=1S/C16H31N3O3.ClH/c1-4-8-16(2,17)15(21)19-10-6-13(7-11-19)14(20)18-9-5-12-22-3;/h13H,4-12,17H2,1-3H3,(H,18,20);1H. The Balaban J connectivity index is 0.00000484. The number of rotatable bonds is 8. The molecule has 1 rings (SSSR count). The molecule has 1 aliphatic rings. The van der Waals surface area contributed by atoms with Crippen molar-refractivity contribution in [2.45, 2.75) is 51.5 Å². The van der Waals surface area contributed by atoms with E-state index in [1.165, 1.54) is 0 Å². The molecule has 0 radical (unpaired) electrons. The third-order valence-electron chi connectivity index (χ3n) is 4.24. The smallest absolute Gasteiger partial charge is 0.242 e. The Morgan fingerprint density at radius 2 is 1.96 bits per heavy atom. The van der Waals surface area contributed by atoms with Gasteiger partial charge in [0.15, 0.2) is 0 Å². The number of nitrogens with zero attached hydrogens (tertiary/aromatic N) is 1. The largest absolute Gasteiger partial charge is 0.385 e. The van der Waals surface area contributed by atoms with Gasteiger partial charge in [0, 0.05) is 39.3 Å². The van der Waals surface area contributed by atoms with Crippen LogP contribution in [0.25, 0.3) is 0 Å². The number of ether oxygens (including phenoxy) is 1. The van der Waals surface area contributed by atoms with Crippen LogP contribution in [0.3, 0.4) is 0 Å². The number of hydrogen-bond donors (Lipinski definition) is 2. The normalized spacial score (nSPS) is 18.0. The van der Waals surface area contributed by atoms with Gasteiger partial charge in [-0.05, 0) is 32.6 Å². The Hall–Kier alpha value is -0.850. The molecule has 0 aromatic rings. The van der Waals surface area contributed by atoms with Crippen molar-refractivity contribution in [3.8, 4) is 0 Å². The van der Waals surface area contributed by atoms with Crippen molar-refractivity contribution >= 4 is 24.2 Å². The van der Waals surface area contributed by atoms with Gasteiger partial charge in [-0.3, -0.25) is 9.59 Å². The molecule has 7 heteroatoms. The highest BCUT2D eigenvalue weighted by Crippen LogP contribution is 2.21. The molecule has 0 aliphatic carbocycles. The Bertz CT molecular complexity index is 370. The highest BCUT2D eigenvalue weighted by Gasteiger charge is 2.35. The number of halogens is 1. The molecular weight excluding hydrogens is 318 g/mol. The highest BCUT2D eigenvalue weighted by atomic mass is 35.5. The third-order valence-corrected chi connectivity index (χ3v) is 4.24. The molecule has 0 bridgehead atoms. The first-order valence-electron chi connectivity index (χ1n) is 8.27. The Morgan fingerprint density at radius 1 is 1.35 bits per heavy atom. The lowest BCUT2D eigenvalue weighted by molar-refractivity contribution is -0.140. The lowest BCUT2D eigenvalue weighted by atomic mass is 9.91. The number of likely N-dealkylation sites (tertiary alicyclic amines) is 1. The molecule has 23 heavy (non-hydrogen) atoms. The van der Waals surface area contributed by atoms with Crippen LogP contribution >= 0.6 is 12.4 Å². The predicted molar refractivity (Wildman–Crippen MR) is 93.6 cm³/mol. The molecule has 1 heterocycles. The summed E-state index contributed by atoms with van der Waals surface area (Å²) < 4.78 is 4.95. The average molecular weight is 350 g/mol. The number of amides is 2. The molecule has 3 N–H and O–H groups in total. The van der Waals surface area contributed by atoms with Crippen LogP contribution in [0.1, 0.15) is 46.0 Å². The first-order valence-corrected chi connectivity index (χ1v) is 8.27. The fourth-order valence-electron chi connectivity index (χ4n) is 2.90. The molecule has 6 nitrogen and oxygen atoms in total. The van der Waals surface area contributed by atoms with Crippen LogP contribution in [-0.2, 0) is 14.3 Å². The van der Waals surface area contributed by atoms with Crippen LogP contribution in [0.2, 0.25) is 0 Å². The molecule has 136 valence electrons. The van der Waals surface area contributed by atoms with Crippen molar-refractivity contribution in [3.05, 3.63) is 0 Å². The second kappa shape index (κ2) is 10.8. The molecule has 0 spiro atoms. The molecule has 1 saturated heterocycles. The number of carbonyl (C=O) groups excluding carboxylic acids is 2. The average Bonchev–Trinajstić information content (AvgIpc) is 2.50. The molecule has 1 fully saturated rings. The first kappa shape index (κ1) is 22.1. The molecular formula is C16H32ClN3O3. The molecule has 0 aromatic heterocycles. The summed E-state index contributed by atoms with van der Waals surface area (Å²) in [6, 6.07) is 0. The monoisotopic (exact) mass is 349 g/mol. The van der Waals surface area contributed by atoms with E-state index in [4.69, 9.17) is 10.5 Å². The zero-order chi connectivity index (χ0) is 16.6. The van der Waals surface area contributed by atoms with Crippen molar-refractivity contribution in [1.29, 1.82) is 0 Å². The van der Waals surface area contributed by atoms with Gasteiger partial charge in [0.2, 0.25) is 11.8 Å². The summed E-state index contributed by atoms with van der Waals surface area (Å²) in [5, 5.41) is 2.93. The first-order chi connectivity index (χ1) is 10.4. The Morgan fingerprint density at radius 3 is 2.48 bits per heavy atom. The van der Waals surface area contributed by atoms with Crippen LogP contribution in [-0.4, -0.2) is 55.6 Å². The maximum atomic E-state index is 12.4. The topological polar surface area (TPSA) is 84.7 Å². The zero-order valence-corrected chi connectivity index (χ0v) is 15.4. The fourth-order valence-corrected chi connectivity index (χ4v) is 2.90. The van der Waals surface area contributed by atoms with Crippen LogP contribution in [0, 0.1) is 5.92 Å². The van der Waals surface area contributed by atoms with Crippen LogP contribution < -0.4 is 11.1 Å². The molecule has 1 atom stereocenters. The second-order valence-corrected chi connectivity index (χ2v) is 6.37. The number of nitrogens with one attached hydrogen (secondary N) is 1. The lowest BCUT2D eigenvalue weighted by Gasteiger charge is -2.36. The second-order valence-electron chi connectivity index (χ2n) is 6.37. The Labute approximate surface area is 145 Å². The van der Waals surface area contributed by atoms with Crippen LogP contribution in [0.15, 0.2) is 0 Å². The Kier molecular flexibility index (Phi) is 10.4. The van der Waals surface area contributed by atoms with Crippen molar-refractivity contribution < 1.29 is 14.3 Å². The van der Waals surface area contributed by atoms with E-state index in [1.54, 1.807) is 14.0 Å². The SMILES string of the molecule is CCCC(C)(N)C(=O)N1CCC(C(=O)NCCCOC)CC1.Cl. The van der Waals surface area contributed by atoms with E-state index in [1.807, 2.05) is 11.8 Å². The maximum absolute atomic E-state index is 12.4. The minimum absolute atomic E-state index is 0. The lowest BCUT2D eigenvalue weighted by Crippen LogP contribution is -2.55. The number of hydrogen-bond acceptors (Lipinski definition) is 4. The van der Waals surface area contributed by atoms with Gasteiger partial charge in [0.05, 0.1) is 5.54 Å². The van der Waals surface area contributed by atoms with Crippen LogP contribution in [0.5, 0.6) is 0 Å². The fraction of sp³-hybridized carbons (Fsp3) is 0.875. The van der Waals surface area contributed by atoms with Gasteiger partial charge >= 0.3 is 0 Å². The molecule has 1 unspecified atom stereocenters. The van der Waals surface area contributed by atoms with E-state index in [0.717, 1.165) is 12.8 Å². The van der Waals surface area contributed by atoms with E-state index in [-0.39, 0.29) is 30.1 Å². The summed E-state index contributed by atoms with van der Waals surface area (Å²) in [5.41, 5.74) is 5.32. The minimum atomic E-state index is -0.788. The van der Waals surface area contributed by atoms with Gasteiger partial charge in [-0.15, -0.1) is 12.4 Å². The van der Waals surface area contributed by atoms with Crippen molar-refractivity contribution in [3.63, 3.8) is 0 Å². The number of methoxy groups -OCH3 is 1. The minimum Gasteiger partial charge on any atom is -0.385 e. The molecule has 0 aromatic carbocycles. The van der Waals surface area contributed by atoms with Gasteiger partial charge in [-0.2, -0.15) is 0 Å². The third kappa shape index (κ3) is 7.06. The van der Waals surface area contributed by atoms with Gasteiger partial charge in [-0.1, -0.05) is 13.3 Å². The summed E-state index contributed by atoms with van der Waals surface area (Å²) in [5.74, 6) is 0.0994. The van der Waals surface area contributed by atoms with Crippen molar-refractivity contribution in [2.75, 3.05) is 33.4 Å². The highest BCUT2D eigenvalue weighted by molar-refractivity contribution is 5.86. The maximum Gasteiger partial charge on any atom is 0.242 e. The molecule has 0 saturated carbocycles. The van der Waals surface area contributed by atoms with Gasteiger partial charge < -0.3 is 20.7 Å². The summed E-state index contributed by atoms with van der Waals surface area (Å²) in [6.07, 6.45) is 3.82. The summed E-state index contributed by atoms with van der Waals surface area (Å²) in [7, 11) is 1.65. The summed E-state index contributed by atoms with van der Waals surface area (Å²) in [6.45, 7) is 6.35. The number of piperidine rings is 1. The van der Waals surface area contributed by atoms with E-state index in [9.17, 15) is 9.59 Å². The van der Waals surface area contributed by atoms with Crippen LogP contribution in [0.4, 0.5) is 0 Å². The van der Waals surface area contributed by atoms with E-state index in [2.05, 4.69) is 5.32 Å². The van der Waals surface area contributed by atoms with Gasteiger partial charge in [0.1, 0.15) is 0 Å². The van der Waals surface area contributed by atoms with E-state index >= 15 is 0 Å². The van der Waals surface area contributed by atoms with E-state index < -0.39 is 5.54 Å². The zero-order valence-electron chi connectivity index (χ0n) is 14.6. The quantitative estimate of drug-likeness (QED) is 0.647. The number of carbonyl (C=O) groups is 2. The van der Waals surface area contributed by atoms with Gasteiger partial charge in [-0.25, -0.2) is 0 Å². The van der Waals surface area contributed by atoms with Gasteiger partial charge in [0.25, 0.3) is 0 Å². The molecule has 1 aliphatic heterocycles. The van der Waals surface area contributed by atoms with Crippen molar-refractivity contribution in [1.82, 2.24) is 10.2 Å². The number of nitrogens with two attached hydrogens (primary N) is 1. The van der Waals surface area contributed by atoms with Crippen molar-refractivity contribution in [2.24, 2.45) is 11.7 Å². The predicted octanol–water partition coefficient (Wildman–Crippen LogP) is 1.32. The summed E-state index contributed by atoms with van der Waals surface area (Å²) in [4.78, 5) is 26.3. The molecule has 2 amide bonds.